The average Bonchev–Trinajstić information content (AvgIpc) is 2.24. The van der Waals surface area contributed by atoms with Crippen molar-refractivity contribution in [1.82, 2.24) is 5.32 Å². The van der Waals surface area contributed by atoms with Crippen LogP contribution in [0.5, 0.6) is 0 Å². The summed E-state index contributed by atoms with van der Waals surface area (Å²) in [5.74, 6) is -0.127. The molecule has 0 rings (SSSR count). The molecule has 0 heterocycles. The molecule has 0 aromatic rings. The Hall–Kier alpha value is -0.620. The van der Waals surface area contributed by atoms with Gasteiger partial charge in [0.25, 0.3) is 0 Å². The summed E-state index contributed by atoms with van der Waals surface area (Å²) in [6.45, 7) is 7.73. The van der Waals surface area contributed by atoms with Crippen LogP contribution in [0.15, 0.2) is 0 Å². The van der Waals surface area contributed by atoms with E-state index in [9.17, 15) is 13.2 Å². The zero-order valence-corrected chi connectivity index (χ0v) is 11.9. The molecule has 0 aliphatic heterocycles. The molecular weight excluding hydrogens is 240 g/mol. The molecule has 0 aliphatic rings. The lowest BCUT2D eigenvalue weighted by atomic mass is 10.2. The molecule has 3 N–H and O–H groups in total. The minimum absolute atomic E-state index is 0.301. The van der Waals surface area contributed by atoms with Crippen LogP contribution < -0.4 is 11.1 Å². The van der Waals surface area contributed by atoms with Gasteiger partial charge in [-0.3, -0.25) is 4.79 Å². The first-order valence-electron chi connectivity index (χ1n) is 5.94. The van der Waals surface area contributed by atoms with E-state index in [4.69, 9.17) is 5.73 Å². The highest BCUT2D eigenvalue weighted by Crippen LogP contribution is 2.12. The molecule has 0 aromatic carbocycles. The lowest BCUT2D eigenvalue weighted by Crippen LogP contribution is -2.42. The number of hydrogen-bond acceptors (Lipinski definition) is 4. The molecule has 0 spiro atoms. The Morgan fingerprint density at radius 2 is 1.76 bits per heavy atom. The van der Waals surface area contributed by atoms with Crippen LogP contribution in [0, 0.1) is 5.92 Å². The Bertz CT molecular complexity index is 339. The van der Waals surface area contributed by atoms with Crippen molar-refractivity contribution in [1.29, 1.82) is 0 Å². The first-order valence-corrected chi connectivity index (χ1v) is 7.54. The van der Waals surface area contributed by atoms with E-state index in [1.807, 2.05) is 13.8 Å². The van der Waals surface area contributed by atoms with E-state index in [1.165, 1.54) is 6.92 Å². The summed E-state index contributed by atoms with van der Waals surface area (Å²) in [7, 11) is -3.44. The van der Waals surface area contributed by atoms with Crippen molar-refractivity contribution >= 4 is 15.7 Å². The molecule has 0 fully saturated rings. The summed E-state index contributed by atoms with van der Waals surface area (Å²) in [4.78, 5) is 11.7. The summed E-state index contributed by atoms with van der Waals surface area (Å²) in [6.07, 6.45) is 0.379. The molecule has 0 aliphatic carbocycles. The van der Waals surface area contributed by atoms with Gasteiger partial charge in [0.15, 0.2) is 9.84 Å². The van der Waals surface area contributed by atoms with Crippen LogP contribution in [0.2, 0.25) is 0 Å². The first kappa shape index (κ1) is 16.4. The summed E-state index contributed by atoms with van der Waals surface area (Å²) >= 11 is 0. The molecule has 1 amide bonds. The highest BCUT2D eigenvalue weighted by Gasteiger charge is 2.32. The fourth-order valence-corrected chi connectivity index (χ4v) is 2.89. The SMILES string of the molecule is CC(C)CNC(=O)C(C)S(=O)(=O)C(C)CCN. The van der Waals surface area contributed by atoms with E-state index in [0.29, 0.717) is 25.4 Å². The maximum atomic E-state index is 12.0. The van der Waals surface area contributed by atoms with Crippen molar-refractivity contribution in [3.8, 4) is 0 Å². The van der Waals surface area contributed by atoms with E-state index < -0.39 is 26.2 Å². The van der Waals surface area contributed by atoms with Crippen molar-refractivity contribution < 1.29 is 13.2 Å². The number of carbonyl (C=O) groups excluding carboxylic acids is 1. The number of carbonyl (C=O) groups is 1. The van der Waals surface area contributed by atoms with E-state index in [1.54, 1.807) is 6.92 Å². The molecule has 102 valence electrons. The van der Waals surface area contributed by atoms with Crippen molar-refractivity contribution in [2.24, 2.45) is 11.7 Å². The lowest BCUT2D eigenvalue weighted by Gasteiger charge is -2.18. The van der Waals surface area contributed by atoms with Gasteiger partial charge in [0.1, 0.15) is 5.25 Å². The van der Waals surface area contributed by atoms with Crippen LogP contribution in [-0.4, -0.2) is 37.9 Å². The van der Waals surface area contributed by atoms with Crippen LogP contribution in [0.1, 0.15) is 34.1 Å². The summed E-state index contributed by atoms with van der Waals surface area (Å²) in [5.41, 5.74) is 5.34. The smallest absolute Gasteiger partial charge is 0.238 e. The van der Waals surface area contributed by atoms with Gasteiger partial charge in [-0.1, -0.05) is 13.8 Å². The van der Waals surface area contributed by atoms with E-state index in [2.05, 4.69) is 5.32 Å². The normalized spacial score (nSPS) is 15.6. The Morgan fingerprint density at radius 1 is 1.24 bits per heavy atom. The van der Waals surface area contributed by atoms with Crippen LogP contribution in [0.25, 0.3) is 0 Å². The number of sulfone groups is 1. The second-order valence-electron chi connectivity index (χ2n) is 4.76. The highest BCUT2D eigenvalue weighted by molar-refractivity contribution is 7.93. The van der Waals surface area contributed by atoms with Gasteiger partial charge >= 0.3 is 0 Å². The van der Waals surface area contributed by atoms with Crippen molar-refractivity contribution in [2.75, 3.05) is 13.1 Å². The third-order valence-electron chi connectivity index (χ3n) is 2.68. The molecule has 0 saturated carbocycles. The number of nitrogens with one attached hydrogen (secondary N) is 1. The van der Waals surface area contributed by atoms with Gasteiger partial charge < -0.3 is 11.1 Å². The standard InChI is InChI=1S/C11H24N2O3S/c1-8(2)7-13-11(14)10(4)17(15,16)9(3)5-6-12/h8-10H,5-7,12H2,1-4H3,(H,13,14). The maximum Gasteiger partial charge on any atom is 0.238 e. The Balaban J connectivity index is 4.57. The lowest BCUT2D eigenvalue weighted by molar-refractivity contribution is -0.120. The van der Waals surface area contributed by atoms with Crippen LogP contribution in [-0.2, 0) is 14.6 Å². The quantitative estimate of drug-likeness (QED) is 0.692. The van der Waals surface area contributed by atoms with Gasteiger partial charge in [-0.25, -0.2) is 8.42 Å². The molecule has 6 heteroatoms. The third-order valence-corrected chi connectivity index (χ3v) is 5.24. The van der Waals surface area contributed by atoms with Gasteiger partial charge in [-0.05, 0) is 32.7 Å². The van der Waals surface area contributed by atoms with Crippen molar-refractivity contribution in [3.63, 3.8) is 0 Å². The van der Waals surface area contributed by atoms with Crippen LogP contribution in [0.3, 0.4) is 0 Å². The molecule has 0 aromatic heterocycles. The van der Waals surface area contributed by atoms with Gasteiger partial charge in [-0.2, -0.15) is 0 Å². The minimum atomic E-state index is -3.44. The summed E-state index contributed by atoms with van der Waals surface area (Å²) < 4.78 is 24.0. The second-order valence-corrected chi connectivity index (χ2v) is 7.45. The van der Waals surface area contributed by atoms with E-state index >= 15 is 0 Å². The first-order chi connectivity index (χ1) is 7.73. The molecular formula is C11H24N2O3S. The van der Waals surface area contributed by atoms with E-state index in [-0.39, 0.29) is 0 Å². The largest absolute Gasteiger partial charge is 0.355 e. The van der Waals surface area contributed by atoms with Crippen molar-refractivity contribution in [3.05, 3.63) is 0 Å². The Morgan fingerprint density at radius 3 is 2.18 bits per heavy atom. The van der Waals surface area contributed by atoms with Gasteiger partial charge in [-0.15, -0.1) is 0 Å². The van der Waals surface area contributed by atoms with Crippen LogP contribution in [0.4, 0.5) is 0 Å². The molecule has 2 unspecified atom stereocenters. The summed E-state index contributed by atoms with van der Waals surface area (Å²) in [6, 6.07) is 0. The fourth-order valence-electron chi connectivity index (χ4n) is 1.35. The Labute approximate surface area is 104 Å². The zero-order valence-electron chi connectivity index (χ0n) is 11.1. The number of hydrogen-bond donors (Lipinski definition) is 2. The Kier molecular flexibility index (Phi) is 6.70. The van der Waals surface area contributed by atoms with Gasteiger partial charge in [0.05, 0.1) is 5.25 Å². The highest BCUT2D eigenvalue weighted by atomic mass is 32.2. The zero-order chi connectivity index (χ0) is 13.6. The molecule has 0 bridgehead atoms. The molecule has 0 saturated heterocycles. The number of amides is 1. The predicted octanol–water partition coefficient (Wildman–Crippen LogP) is 0.299. The predicted molar refractivity (Wildman–Crippen MR) is 69.4 cm³/mol. The molecule has 17 heavy (non-hydrogen) atoms. The summed E-state index contributed by atoms with van der Waals surface area (Å²) in [5, 5.41) is 1.05. The fraction of sp³-hybridized carbons (Fsp3) is 0.909. The average molecular weight is 264 g/mol. The minimum Gasteiger partial charge on any atom is -0.355 e. The molecule has 2 atom stereocenters. The topological polar surface area (TPSA) is 89.3 Å². The third kappa shape index (κ3) is 5.04. The van der Waals surface area contributed by atoms with E-state index in [0.717, 1.165) is 0 Å². The monoisotopic (exact) mass is 264 g/mol. The van der Waals surface area contributed by atoms with Gasteiger partial charge in [0.2, 0.25) is 5.91 Å². The molecule has 0 radical (unpaired) electrons. The van der Waals surface area contributed by atoms with Gasteiger partial charge in [0, 0.05) is 6.54 Å². The number of rotatable bonds is 7. The van der Waals surface area contributed by atoms with Crippen LogP contribution >= 0.6 is 0 Å². The van der Waals surface area contributed by atoms with Crippen molar-refractivity contribution in [2.45, 2.75) is 44.6 Å². The maximum absolute atomic E-state index is 12.0. The second kappa shape index (κ2) is 6.96. The number of nitrogens with two attached hydrogens (primary N) is 1. The molecule has 5 nitrogen and oxygen atoms in total.